The van der Waals surface area contributed by atoms with Crippen molar-refractivity contribution in [2.45, 2.75) is 6.04 Å². The Morgan fingerprint density at radius 1 is 1.45 bits per heavy atom. The van der Waals surface area contributed by atoms with E-state index in [2.05, 4.69) is 26.1 Å². The summed E-state index contributed by atoms with van der Waals surface area (Å²) in [6.07, 6.45) is 1.69. The van der Waals surface area contributed by atoms with Gasteiger partial charge < -0.3 is 9.73 Å². The van der Waals surface area contributed by atoms with Crippen LogP contribution < -0.4 is 5.32 Å². The lowest BCUT2D eigenvalue weighted by atomic mass is 10.2. The van der Waals surface area contributed by atoms with E-state index in [0.29, 0.717) is 6.54 Å². The molecular formula is C15H17BrN2O2S2. The first kappa shape index (κ1) is 16.1. The first-order chi connectivity index (χ1) is 10.7. The van der Waals surface area contributed by atoms with Gasteiger partial charge in [0.2, 0.25) is 0 Å². The summed E-state index contributed by atoms with van der Waals surface area (Å²) in [5.74, 6) is 3.14. The van der Waals surface area contributed by atoms with E-state index in [1.807, 2.05) is 35.3 Å². The monoisotopic (exact) mass is 400 g/mol. The fourth-order valence-corrected chi connectivity index (χ4v) is 4.76. The third-order valence-electron chi connectivity index (χ3n) is 3.61. The molecule has 1 amide bonds. The fourth-order valence-electron chi connectivity index (χ4n) is 2.49. The van der Waals surface area contributed by atoms with Crippen LogP contribution in [0.1, 0.15) is 21.5 Å². The number of nitrogens with zero attached hydrogens (tertiary/aromatic N) is 1. The van der Waals surface area contributed by atoms with Gasteiger partial charge in [-0.05, 0) is 34.1 Å². The van der Waals surface area contributed by atoms with E-state index in [0.717, 1.165) is 39.7 Å². The highest BCUT2D eigenvalue weighted by molar-refractivity contribution is 9.10. The number of amides is 1. The lowest BCUT2D eigenvalue weighted by molar-refractivity contribution is 0.0933. The third kappa shape index (κ3) is 3.95. The number of furan rings is 1. The first-order valence-corrected chi connectivity index (χ1v) is 9.94. The van der Waals surface area contributed by atoms with Crippen LogP contribution >= 0.6 is 39.0 Å². The summed E-state index contributed by atoms with van der Waals surface area (Å²) < 4.78 is 6.53. The Morgan fingerprint density at radius 2 is 2.27 bits per heavy atom. The third-order valence-corrected chi connectivity index (χ3v) is 6.24. The van der Waals surface area contributed by atoms with E-state index in [-0.39, 0.29) is 11.9 Å². The topological polar surface area (TPSA) is 45.5 Å². The molecule has 0 radical (unpaired) electrons. The van der Waals surface area contributed by atoms with Crippen molar-refractivity contribution in [3.05, 3.63) is 45.0 Å². The second-order valence-electron chi connectivity index (χ2n) is 5.02. The molecule has 7 heteroatoms. The zero-order valence-corrected chi connectivity index (χ0v) is 15.2. The minimum absolute atomic E-state index is 0.0290. The van der Waals surface area contributed by atoms with Gasteiger partial charge in [-0.1, -0.05) is 0 Å². The zero-order chi connectivity index (χ0) is 15.4. The summed E-state index contributed by atoms with van der Waals surface area (Å²) >= 11 is 6.80. The molecule has 3 rings (SSSR count). The highest BCUT2D eigenvalue weighted by Crippen LogP contribution is 2.25. The van der Waals surface area contributed by atoms with Crippen LogP contribution in [0.4, 0.5) is 0 Å². The normalized spacial score (nSPS) is 17.3. The summed E-state index contributed by atoms with van der Waals surface area (Å²) in [5.41, 5.74) is 0. The van der Waals surface area contributed by atoms with Crippen LogP contribution in [0.25, 0.3) is 0 Å². The molecule has 118 valence electrons. The Morgan fingerprint density at radius 3 is 2.91 bits per heavy atom. The molecule has 2 aromatic heterocycles. The van der Waals surface area contributed by atoms with E-state index in [4.69, 9.17) is 4.42 Å². The van der Waals surface area contributed by atoms with Gasteiger partial charge in [0, 0.05) is 41.0 Å². The maximum absolute atomic E-state index is 12.2. The quantitative estimate of drug-likeness (QED) is 0.831. The molecule has 1 fully saturated rings. The van der Waals surface area contributed by atoms with E-state index >= 15 is 0 Å². The van der Waals surface area contributed by atoms with Crippen LogP contribution in [-0.2, 0) is 0 Å². The number of thioether (sulfide) groups is 1. The number of carbonyl (C=O) groups excluding carboxylic acids is 1. The number of hydrogen-bond acceptors (Lipinski definition) is 5. The predicted molar refractivity (Wildman–Crippen MR) is 94.7 cm³/mol. The van der Waals surface area contributed by atoms with E-state index < -0.39 is 0 Å². The molecule has 1 aliphatic rings. The van der Waals surface area contributed by atoms with E-state index in [9.17, 15) is 4.79 Å². The minimum Gasteiger partial charge on any atom is -0.468 e. The van der Waals surface area contributed by atoms with Crippen molar-refractivity contribution in [1.29, 1.82) is 0 Å². The number of rotatable bonds is 5. The summed E-state index contributed by atoms with van der Waals surface area (Å²) in [4.78, 5) is 15.4. The molecule has 22 heavy (non-hydrogen) atoms. The molecule has 0 unspecified atom stereocenters. The smallest absolute Gasteiger partial charge is 0.261 e. The number of nitrogens with one attached hydrogen (secondary N) is 1. The van der Waals surface area contributed by atoms with E-state index in [1.54, 1.807) is 6.26 Å². The van der Waals surface area contributed by atoms with E-state index in [1.165, 1.54) is 11.3 Å². The van der Waals surface area contributed by atoms with Gasteiger partial charge in [-0.3, -0.25) is 9.69 Å². The molecule has 1 saturated heterocycles. The second-order valence-corrected chi connectivity index (χ2v) is 8.07. The molecule has 1 N–H and O–H groups in total. The zero-order valence-electron chi connectivity index (χ0n) is 12.0. The van der Waals surface area contributed by atoms with Crippen LogP contribution in [0.3, 0.4) is 0 Å². The lowest BCUT2D eigenvalue weighted by Gasteiger charge is -2.33. The maximum atomic E-state index is 12.2. The molecule has 3 heterocycles. The summed E-state index contributed by atoms with van der Waals surface area (Å²) in [5, 5.41) is 4.96. The SMILES string of the molecule is O=C(NC[C@@H](c1ccco1)N1CCSCC1)c1cc(Br)cs1. The van der Waals surface area contributed by atoms with Crippen LogP contribution in [0.15, 0.2) is 38.7 Å². The molecule has 4 nitrogen and oxygen atoms in total. The van der Waals surface area contributed by atoms with Crippen molar-refractivity contribution in [1.82, 2.24) is 10.2 Å². The molecule has 0 saturated carbocycles. The van der Waals surface area contributed by atoms with Gasteiger partial charge in [0.05, 0.1) is 17.2 Å². The Balaban J connectivity index is 1.66. The Hall–Kier alpha value is -0.760. The van der Waals surface area contributed by atoms with Gasteiger partial charge in [-0.25, -0.2) is 0 Å². The van der Waals surface area contributed by atoms with Gasteiger partial charge >= 0.3 is 0 Å². The van der Waals surface area contributed by atoms with Gasteiger partial charge in [-0.2, -0.15) is 11.8 Å². The van der Waals surface area contributed by atoms with Crippen molar-refractivity contribution in [3.8, 4) is 0 Å². The Bertz CT molecular complexity index is 609. The summed E-state index contributed by atoms with van der Waals surface area (Å²) in [6.45, 7) is 2.61. The van der Waals surface area contributed by atoms with Crippen LogP contribution in [0, 0.1) is 0 Å². The number of halogens is 1. The second kappa shape index (κ2) is 7.68. The molecule has 1 atom stereocenters. The molecular weight excluding hydrogens is 384 g/mol. The standard InChI is InChI=1S/C15H17BrN2O2S2/c16-11-8-14(22-10-11)15(19)17-9-12(13-2-1-5-20-13)18-3-6-21-7-4-18/h1-2,5,8,10,12H,3-4,6-7,9H2,(H,17,19)/t12-/m0/s1. The van der Waals surface area contributed by atoms with Gasteiger partial charge in [-0.15, -0.1) is 11.3 Å². The molecule has 2 aromatic rings. The lowest BCUT2D eigenvalue weighted by Crippen LogP contribution is -2.41. The van der Waals surface area contributed by atoms with Crippen LogP contribution in [0.5, 0.6) is 0 Å². The minimum atomic E-state index is -0.0290. The highest BCUT2D eigenvalue weighted by atomic mass is 79.9. The van der Waals surface area contributed by atoms with Crippen LogP contribution in [0.2, 0.25) is 0 Å². The fraction of sp³-hybridized carbons (Fsp3) is 0.400. The van der Waals surface area contributed by atoms with Crippen LogP contribution in [-0.4, -0.2) is 41.9 Å². The van der Waals surface area contributed by atoms with Crippen molar-refractivity contribution < 1.29 is 9.21 Å². The van der Waals surface area contributed by atoms with Crippen molar-refractivity contribution in [3.63, 3.8) is 0 Å². The number of thiophene rings is 1. The van der Waals surface area contributed by atoms with Crippen molar-refractivity contribution in [2.75, 3.05) is 31.1 Å². The van der Waals surface area contributed by atoms with Crippen molar-refractivity contribution >= 4 is 44.9 Å². The Labute approximate surface area is 146 Å². The van der Waals surface area contributed by atoms with Crippen molar-refractivity contribution in [2.24, 2.45) is 0 Å². The summed E-state index contributed by atoms with van der Waals surface area (Å²) in [6, 6.07) is 5.84. The van der Waals surface area contributed by atoms with Gasteiger partial charge in [0.1, 0.15) is 5.76 Å². The average Bonchev–Trinajstić information content (AvgIpc) is 3.20. The molecule has 0 bridgehead atoms. The molecule has 1 aliphatic heterocycles. The largest absolute Gasteiger partial charge is 0.468 e. The highest BCUT2D eigenvalue weighted by Gasteiger charge is 2.25. The van der Waals surface area contributed by atoms with Gasteiger partial charge in [0.15, 0.2) is 0 Å². The molecule has 0 spiro atoms. The predicted octanol–water partition coefficient (Wildman–Crippen LogP) is 3.62. The Kier molecular flexibility index (Phi) is 5.62. The van der Waals surface area contributed by atoms with Gasteiger partial charge in [0.25, 0.3) is 5.91 Å². The first-order valence-electron chi connectivity index (χ1n) is 7.11. The maximum Gasteiger partial charge on any atom is 0.261 e. The summed E-state index contributed by atoms with van der Waals surface area (Å²) in [7, 11) is 0. The molecule has 0 aliphatic carbocycles. The number of hydrogen-bond donors (Lipinski definition) is 1. The number of carbonyl (C=O) groups is 1. The molecule has 0 aromatic carbocycles. The average molecular weight is 401 g/mol.